The lowest BCUT2D eigenvalue weighted by Crippen LogP contribution is -2.33. The zero-order chi connectivity index (χ0) is 17.4. The fraction of sp³-hybridized carbons (Fsp3) is 0.353. The van der Waals surface area contributed by atoms with Crippen LogP contribution >= 0.6 is 11.6 Å². The molecule has 1 N–H and O–H groups in total. The van der Waals surface area contributed by atoms with Gasteiger partial charge in [-0.1, -0.05) is 23.7 Å². The molecule has 2 rings (SSSR count). The molecule has 0 fully saturated rings. The number of amides is 1. The highest BCUT2D eigenvalue weighted by Crippen LogP contribution is 2.14. The van der Waals surface area contributed by atoms with Crippen LogP contribution in [-0.4, -0.2) is 38.0 Å². The number of nitrogens with zero attached hydrogens (tertiary/aromatic N) is 3. The van der Waals surface area contributed by atoms with Gasteiger partial charge >= 0.3 is 5.97 Å². The number of carbonyl (C=O) groups excluding carboxylic acids is 1. The Kier molecular flexibility index (Phi) is 6.81. The average molecular weight is 350 g/mol. The van der Waals surface area contributed by atoms with Gasteiger partial charge in [-0.05, 0) is 24.1 Å². The van der Waals surface area contributed by atoms with Crippen molar-refractivity contribution >= 4 is 23.5 Å². The first-order chi connectivity index (χ1) is 11.5. The van der Waals surface area contributed by atoms with Gasteiger partial charge in [-0.15, -0.1) is 0 Å². The van der Waals surface area contributed by atoms with E-state index in [1.54, 1.807) is 23.5 Å². The molecular formula is C17H20ClN3O3. The summed E-state index contributed by atoms with van der Waals surface area (Å²) in [6.07, 6.45) is 5.79. The van der Waals surface area contributed by atoms with E-state index in [2.05, 4.69) is 4.98 Å². The molecule has 0 aliphatic heterocycles. The lowest BCUT2D eigenvalue weighted by molar-refractivity contribution is -0.137. The second-order valence-electron chi connectivity index (χ2n) is 5.49. The minimum atomic E-state index is -0.886. The molecule has 1 aromatic carbocycles. The number of benzene rings is 1. The van der Waals surface area contributed by atoms with Crippen molar-refractivity contribution in [3.63, 3.8) is 0 Å². The van der Waals surface area contributed by atoms with Crippen LogP contribution in [0.1, 0.15) is 24.8 Å². The number of carboxylic acid groups (broad SMARTS) is 1. The summed E-state index contributed by atoms with van der Waals surface area (Å²) >= 11 is 6.00. The molecule has 1 aromatic heterocycles. The third-order valence-electron chi connectivity index (χ3n) is 3.58. The summed E-state index contributed by atoms with van der Waals surface area (Å²) in [6, 6.07) is 7.38. The Morgan fingerprint density at radius 2 is 2.12 bits per heavy atom. The molecule has 0 aliphatic rings. The molecule has 1 heterocycles. The van der Waals surface area contributed by atoms with Gasteiger partial charge in [0, 0.05) is 49.9 Å². The predicted octanol–water partition coefficient (Wildman–Crippen LogP) is 2.82. The number of halogens is 1. The van der Waals surface area contributed by atoms with Crippen LogP contribution in [0.2, 0.25) is 5.02 Å². The zero-order valence-corrected chi connectivity index (χ0v) is 14.0. The monoisotopic (exact) mass is 349 g/mol. The Morgan fingerprint density at radius 1 is 1.29 bits per heavy atom. The molecule has 0 aliphatic carbocycles. The van der Waals surface area contributed by atoms with Crippen LogP contribution < -0.4 is 0 Å². The van der Waals surface area contributed by atoms with Gasteiger partial charge in [-0.3, -0.25) is 9.59 Å². The van der Waals surface area contributed by atoms with E-state index in [0.29, 0.717) is 31.1 Å². The van der Waals surface area contributed by atoms with Crippen molar-refractivity contribution in [3.05, 3.63) is 53.6 Å². The number of carbonyl (C=O) groups is 2. The van der Waals surface area contributed by atoms with Crippen LogP contribution in [0.3, 0.4) is 0 Å². The minimum absolute atomic E-state index is 0.00172. The van der Waals surface area contributed by atoms with Crippen molar-refractivity contribution in [2.24, 2.45) is 0 Å². The van der Waals surface area contributed by atoms with Gasteiger partial charge in [0.05, 0.1) is 6.33 Å². The first-order valence-electron chi connectivity index (χ1n) is 7.74. The molecule has 0 radical (unpaired) electrons. The standard InChI is InChI=1S/C17H20ClN3O3/c18-15-4-1-3-14(11-15)12-21(10-9-20-8-7-19-13-20)16(22)5-2-6-17(23)24/h1,3-4,7-8,11,13H,2,5-6,9-10,12H2,(H,23,24). The number of aliphatic carboxylic acids is 1. The summed E-state index contributed by atoms with van der Waals surface area (Å²) in [7, 11) is 0. The van der Waals surface area contributed by atoms with Crippen LogP contribution in [0, 0.1) is 0 Å². The summed E-state index contributed by atoms with van der Waals surface area (Å²) in [6.45, 7) is 1.60. The van der Waals surface area contributed by atoms with Gasteiger partial charge in [0.25, 0.3) is 0 Å². The molecule has 0 bridgehead atoms. The van der Waals surface area contributed by atoms with Crippen molar-refractivity contribution < 1.29 is 14.7 Å². The summed E-state index contributed by atoms with van der Waals surface area (Å²) in [5, 5.41) is 9.33. The number of imidazole rings is 1. The van der Waals surface area contributed by atoms with Crippen molar-refractivity contribution in [2.45, 2.75) is 32.4 Å². The number of carboxylic acids is 1. The first kappa shape index (κ1) is 18.0. The van der Waals surface area contributed by atoms with E-state index in [-0.39, 0.29) is 18.7 Å². The summed E-state index contributed by atoms with van der Waals surface area (Å²) in [4.78, 5) is 28.8. The molecule has 1 amide bonds. The second-order valence-corrected chi connectivity index (χ2v) is 5.93. The van der Waals surface area contributed by atoms with E-state index in [1.807, 2.05) is 29.0 Å². The molecule has 0 saturated heterocycles. The van der Waals surface area contributed by atoms with Gasteiger partial charge in [-0.25, -0.2) is 4.98 Å². The van der Waals surface area contributed by atoms with E-state index in [0.717, 1.165) is 5.56 Å². The number of hydrogen-bond acceptors (Lipinski definition) is 3. The second kappa shape index (κ2) is 9.08. The van der Waals surface area contributed by atoms with Gasteiger partial charge in [0.15, 0.2) is 0 Å². The van der Waals surface area contributed by atoms with Crippen LogP contribution in [0.4, 0.5) is 0 Å². The fourth-order valence-electron chi connectivity index (χ4n) is 2.35. The molecule has 0 unspecified atom stereocenters. The van der Waals surface area contributed by atoms with E-state index < -0.39 is 5.97 Å². The number of aromatic nitrogens is 2. The summed E-state index contributed by atoms with van der Waals surface area (Å²) in [5.41, 5.74) is 0.944. The molecule has 0 saturated carbocycles. The topological polar surface area (TPSA) is 75.4 Å². The van der Waals surface area contributed by atoms with Crippen LogP contribution in [0.15, 0.2) is 43.0 Å². The summed E-state index contributed by atoms with van der Waals surface area (Å²) < 4.78 is 1.90. The Bertz CT molecular complexity index is 673. The van der Waals surface area contributed by atoms with E-state index in [4.69, 9.17) is 16.7 Å². The maximum atomic E-state index is 12.4. The lowest BCUT2D eigenvalue weighted by Gasteiger charge is -2.23. The van der Waals surface area contributed by atoms with E-state index >= 15 is 0 Å². The smallest absolute Gasteiger partial charge is 0.303 e. The molecule has 2 aromatic rings. The van der Waals surface area contributed by atoms with E-state index in [9.17, 15) is 9.59 Å². The number of hydrogen-bond donors (Lipinski definition) is 1. The SMILES string of the molecule is O=C(O)CCCC(=O)N(CCn1ccnc1)Cc1cccc(Cl)c1. The molecule has 128 valence electrons. The van der Waals surface area contributed by atoms with Crippen molar-refractivity contribution in [1.82, 2.24) is 14.5 Å². The normalized spacial score (nSPS) is 10.5. The fourth-order valence-corrected chi connectivity index (χ4v) is 2.56. The van der Waals surface area contributed by atoms with Crippen molar-refractivity contribution in [2.75, 3.05) is 6.54 Å². The summed E-state index contributed by atoms with van der Waals surface area (Å²) in [5.74, 6) is -0.945. The van der Waals surface area contributed by atoms with Gasteiger partial charge in [-0.2, -0.15) is 0 Å². The van der Waals surface area contributed by atoms with Gasteiger partial charge < -0.3 is 14.6 Å². The molecule has 0 atom stereocenters. The minimum Gasteiger partial charge on any atom is -0.481 e. The zero-order valence-electron chi connectivity index (χ0n) is 13.3. The molecule has 0 spiro atoms. The van der Waals surface area contributed by atoms with E-state index in [1.165, 1.54) is 0 Å². The largest absolute Gasteiger partial charge is 0.481 e. The predicted molar refractivity (Wildman–Crippen MR) is 90.6 cm³/mol. The highest BCUT2D eigenvalue weighted by molar-refractivity contribution is 6.30. The molecule has 24 heavy (non-hydrogen) atoms. The third kappa shape index (κ3) is 6.04. The Morgan fingerprint density at radius 3 is 2.79 bits per heavy atom. The van der Waals surface area contributed by atoms with Crippen LogP contribution in [-0.2, 0) is 22.7 Å². The average Bonchev–Trinajstić information content (AvgIpc) is 3.04. The van der Waals surface area contributed by atoms with Crippen molar-refractivity contribution in [1.29, 1.82) is 0 Å². The first-order valence-corrected chi connectivity index (χ1v) is 8.12. The third-order valence-corrected chi connectivity index (χ3v) is 3.82. The highest BCUT2D eigenvalue weighted by atomic mass is 35.5. The quantitative estimate of drug-likeness (QED) is 0.755. The maximum Gasteiger partial charge on any atom is 0.303 e. The van der Waals surface area contributed by atoms with Crippen molar-refractivity contribution in [3.8, 4) is 0 Å². The van der Waals surface area contributed by atoms with Gasteiger partial charge in [0.2, 0.25) is 5.91 Å². The van der Waals surface area contributed by atoms with Crippen LogP contribution in [0.5, 0.6) is 0 Å². The Hall–Kier alpha value is -2.34. The maximum absolute atomic E-state index is 12.4. The Balaban J connectivity index is 1.99. The molecule has 6 nitrogen and oxygen atoms in total. The van der Waals surface area contributed by atoms with Crippen LogP contribution in [0.25, 0.3) is 0 Å². The Labute approximate surface area is 145 Å². The highest BCUT2D eigenvalue weighted by Gasteiger charge is 2.14. The molecular weight excluding hydrogens is 330 g/mol. The molecule has 7 heteroatoms. The number of rotatable bonds is 9. The van der Waals surface area contributed by atoms with Gasteiger partial charge in [0.1, 0.15) is 0 Å². The lowest BCUT2D eigenvalue weighted by atomic mass is 10.1.